The minimum absolute atomic E-state index is 0.207. The molecule has 2 aromatic heterocycles. The molecule has 202 valence electrons. The molecule has 0 aliphatic heterocycles. The van der Waals surface area contributed by atoms with Crippen molar-refractivity contribution in [1.29, 1.82) is 0 Å². The number of thiazole rings is 1. The van der Waals surface area contributed by atoms with E-state index < -0.39 is 15.6 Å². The van der Waals surface area contributed by atoms with Gasteiger partial charge in [0.25, 0.3) is 5.91 Å². The number of pyridine rings is 1. The number of alkyl halides is 3. The van der Waals surface area contributed by atoms with Crippen LogP contribution >= 0.6 is 11.3 Å². The van der Waals surface area contributed by atoms with E-state index in [2.05, 4.69) is 27.4 Å². The number of nitrogens with zero attached hydrogens (tertiary/aromatic N) is 2. The number of hydrogen-bond donors (Lipinski definition) is 1. The first kappa shape index (κ1) is 29.7. The van der Waals surface area contributed by atoms with E-state index in [4.69, 9.17) is 22.4 Å². The number of fused-ring (bicyclic) bond motifs is 1. The van der Waals surface area contributed by atoms with Crippen molar-refractivity contribution >= 4 is 42.7 Å². The maximum absolute atomic E-state index is 12.6. The maximum atomic E-state index is 12.6. The van der Waals surface area contributed by atoms with Crippen molar-refractivity contribution in [2.24, 2.45) is 0 Å². The van der Waals surface area contributed by atoms with Crippen LogP contribution < -0.4 is 31.3 Å². The van der Waals surface area contributed by atoms with Gasteiger partial charge in [-0.2, -0.15) is 13.2 Å². The van der Waals surface area contributed by atoms with Crippen molar-refractivity contribution in [3.8, 4) is 5.75 Å². The highest BCUT2D eigenvalue weighted by Gasteiger charge is 2.36. The topological polar surface area (TPSA) is 131 Å². The van der Waals surface area contributed by atoms with Crippen LogP contribution in [0, 0.1) is 7.14 Å². The van der Waals surface area contributed by atoms with Crippen LogP contribution in [0.5, 0.6) is 5.75 Å². The zero-order valence-electron chi connectivity index (χ0n) is 19.4. The van der Waals surface area contributed by atoms with Crippen LogP contribution in [0.25, 0.3) is 10.2 Å². The normalized spacial score (nSPS) is 11.5. The van der Waals surface area contributed by atoms with Crippen molar-refractivity contribution in [3.05, 3.63) is 79.7 Å². The number of hydrogen-bond acceptors (Lipinski definition) is 9. The van der Waals surface area contributed by atoms with Crippen LogP contribution in [0.2, 0.25) is 0 Å². The summed E-state index contributed by atoms with van der Waals surface area (Å²) in [6, 6.07) is 19.7. The average molecular weight is 681 g/mol. The number of aromatic nitrogens is 2. The third-order valence-electron chi connectivity index (χ3n) is 4.29. The summed E-state index contributed by atoms with van der Waals surface area (Å²) in [5.41, 5.74) is -4.47. The monoisotopic (exact) mass is 681 g/mol. The molecule has 1 amide bonds. The van der Waals surface area contributed by atoms with Crippen molar-refractivity contribution in [2.75, 3.05) is 18.7 Å². The van der Waals surface area contributed by atoms with Gasteiger partial charge in [0.1, 0.15) is 11.4 Å². The smallest absolute Gasteiger partial charge is 0.485 e. The Kier molecular flexibility index (Phi) is 10.4. The summed E-state index contributed by atoms with van der Waals surface area (Å²) in [6.45, 7) is 2.72. The van der Waals surface area contributed by atoms with Gasteiger partial charge in [-0.15, -0.1) is 0 Å². The van der Waals surface area contributed by atoms with Gasteiger partial charge in [0.05, 0.1) is 16.4 Å². The van der Waals surface area contributed by atoms with Crippen LogP contribution in [-0.4, -0.2) is 47.8 Å². The number of ether oxygens (including phenoxy) is 2. The first-order chi connectivity index (χ1) is 18.0. The van der Waals surface area contributed by atoms with Crippen LogP contribution in [0.15, 0.2) is 66.9 Å². The third kappa shape index (κ3) is 8.87. The molecule has 4 rings (SSSR count). The zero-order chi connectivity index (χ0) is 27.8. The second-order valence-electron chi connectivity index (χ2n) is 7.01. The zero-order valence-corrected chi connectivity index (χ0v) is 23.2. The SMILES string of the molecule is CCOCOc1ccc2nc(NC(=O)c3ccc([I+]c4ccccc4)cn3)sc2c1.O=S(=O)([O-])C(F)(F)F. The van der Waals surface area contributed by atoms with Gasteiger partial charge in [0.15, 0.2) is 25.6 Å². The van der Waals surface area contributed by atoms with Gasteiger partial charge in [0, 0.05) is 6.61 Å². The number of anilines is 1. The van der Waals surface area contributed by atoms with E-state index in [1.54, 1.807) is 12.3 Å². The standard InChI is InChI=1S/C22H18IN3O3S.CHF3O3S/c1-2-28-14-29-17-9-11-18-20(12-17)30-22(25-18)26-21(27)19-10-8-16(13-24-19)23-15-6-4-3-5-7-15;2-1(3,4)8(5,6)7/h3-13H,2,14H2,1H3;(H,5,6,7). The molecule has 4 aromatic rings. The Hall–Kier alpha value is -2.86. The molecule has 38 heavy (non-hydrogen) atoms. The lowest BCUT2D eigenvalue weighted by molar-refractivity contribution is -0.597. The summed E-state index contributed by atoms with van der Waals surface area (Å²) in [6.07, 6.45) is 1.79. The van der Waals surface area contributed by atoms with Gasteiger partial charge in [-0.25, -0.2) is 18.4 Å². The molecule has 0 atom stereocenters. The third-order valence-corrected chi connectivity index (χ3v) is 8.39. The number of amides is 1. The van der Waals surface area contributed by atoms with Crippen molar-refractivity contribution in [2.45, 2.75) is 12.4 Å². The summed E-state index contributed by atoms with van der Waals surface area (Å²) in [4.78, 5) is 21.4. The summed E-state index contributed by atoms with van der Waals surface area (Å²) >= 11 is 1.09. The van der Waals surface area contributed by atoms with Gasteiger partial charge in [-0.1, -0.05) is 29.5 Å². The number of nitrogens with one attached hydrogen (secondary N) is 1. The predicted molar refractivity (Wildman–Crippen MR) is 129 cm³/mol. The summed E-state index contributed by atoms with van der Waals surface area (Å²) < 4.78 is 73.0. The Balaban J connectivity index is 0.000000436. The number of rotatable bonds is 8. The van der Waals surface area contributed by atoms with Crippen LogP contribution in [0.4, 0.5) is 18.3 Å². The molecule has 0 saturated carbocycles. The van der Waals surface area contributed by atoms with E-state index in [9.17, 15) is 18.0 Å². The van der Waals surface area contributed by atoms with Crippen LogP contribution in [0.1, 0.15) is 17.4 Å². The molecule has 0 radical (unpaired) electrons. The molecule has 0 spiro atoms. The fourth-order valence-electron chi connectivity index (χ4n) is 2.57. The number of carbonyl (C=O) groups excluding carboxylic acids is 1. The minimum Gasteiger partial charge on any atom is -0.741 e. The molecule has 0 bridgehead atoms. The molecular formula is C23H19F3IN3O6S2. The molecule has 2 aromatic carbocycles. The van der Waals surface area contributed by atoms with Gasteiger partial charge in [0.2, 0.25) is 3.57 Å². The van der Waals surface area contributed by atoms with Crippen molar-refractivity contribution < 1.29 is 61.6 Å². The fraction of sp³-hybridized carbons (Fsp3) is 0.174. The van der Waals surface area contributed by atoms with E-state index in [0.717, 1.165) is 13.8 Å². The van der Waals surface area contributed by atoms with E-state index in [0.29, 0.717) is 23.2 Å². The van der Waals surface area contributed by atoms with Gasteiger partial charge < -0.3 is 14.0 Å². The first-order valence-corrected chi connectivity index (χ1v) is 14.9. The Bertz CT molecular complexity index is 1470. The van der Waals surface area contributed by atoms with E-state index in [-0.39, 0.29) is 33.9 Å². The Morgan fingerprint density at radius 2 is 1.82 bits per heavy atom. The molecule has 0 saturated heterocycles. The second kappa shape index (κ2) is 13.3. The summed E-state index contributed by atoms with van der Waals surface area (Å²) in [5.74, 6) is 0.433. The van der Waals surface area contributed by atoms with E-state index in [1.165, 1.54) is 14.9 Å². The van der Waals surface area contributed by atoms with Gasteiger partial charge in [-0.05, 0) is 49.4 Å². The quantitative estimate of drug-likeness (QED) is 0.0975. The summed E-state index contributed by atoms with van der Waals surface area (Å²) in [7, 11) is -6.09. The Morgan fingerprint density at radius 3 is 2.42 bits per heavy atom. The molecule has 0 fully saturated rings. The molecule has 9 nitrogen and oxygen atoms in total. The average Bonchev–Trinajstić information content (AvgIpc) is 3.26. The highest BCUT2D eigenvalue weighted by atomic mass is 127. The highest BCUT2D eigenvalue weighted by Crippen LogP contribution is 2.29. The minimum atomic E-state index is -6.09. The number of benzene rings is 2. The van der Waals surface area contributed by atoms with Gasteiger partial charge >= 0.3 is 26.7 Å². The van der Waals surface area contributed by atoms with Crippen LogP contribution in [0.3, 0.4) is 0 Å². The predicted octanol–water partition coefficient (Wildman–Crippen LogP) is 1.50. The Labute approximate surface area is 230 Å². The summed E-state index contributed by atoms with van der Waals surface area (Å²) in [5, 5.41) is 3.37. The lowest BCUT2D eigenvalue weighted by Crippen LogP contribution is -3.61. The van der Waals surface area contributed by atoms with E-state index in [1.807, 2.05) is 49.4 Å². The van der Waals surface area contributed by atoms with Crippen molar-refractivity contribution in [1.82, 2.24) is 9.97 Å². The van der Waals surface area contributed by atoms with Crippen molar-refractivity contribution in [3.63, 3.8) is 0 Å². The lowest BCUT2D eigenvalue weighted by atomic mass is 10.3. The van der Waals surface area contributed by atoms with Crippen LogP contribution in [-0.2, 0) is 14.9 Å². The lowest BCUT2D eigenvalue weighted by Gasteiger charge is -2.08. The molecule has 1 N–H and O–H groups in total. The fourth-order valence-corrected chi connectivity index (χ4v) is 5.59. The largest absolute Gasteiger partial charge is 0.741 e. The first-order valence-electron chi connectivity index (χ1n) is 10.6. The molecule has 0 aliphatic rings. The molecule has 2 heterocycles. The second-order valence-corrected chi connectivity index (χ2v) is 12.4. The maximum Gasteiger partial charge on any atom is 0.485 e. The molecule has 15 heteroatoms. The molecule has 0 unspecified atom stereocenters. The van der Waals surface area contributed by atoms with E-state index >= 15 is 0 Å². The van der Waals surface area contributed by atoms with Gasteiger partial charge in [-0.3, -0.25) is 10.1 Å². The Morgan fingerprint density at radius 1 is 1.11 bits per heavy atom. The highest BCUT2D eigenvalue weighted by molar-refractivity contribution is 7.86. The molecule has 0 aliphatic carbocycles. The number of carbonyl (C=O) groups is 1. The molecular weight excluding hydrogens is 662 g/mol. The number of halogens is 4.